The summed E-state index contributed by atoms with van der Waals surface area (Å²) < 4.78 is 0. The van der Waals surface area contributed by atoms with E-state index in [4.69, 9.17) is 0 Å². The van der Waals surface area contributed by atoms with Gasteiger partial charge in [-0.2, -0.15) is 0 Å². The first kappa shape index (κ1) is 50.3. The number of nitrogens with one attached hydrogen (secondary N) is 3. The lowest BCUT2D eigenvalue weighted by Crippen LogP contribution is -2.51. The first-order chi connectivity index (χ1) is 20.8. The molecule has 48 heavy (non-hydrogen) atoms. The van der Waals surface area contributed by atoms with Crippen LogP contribution < -0.4 is 16.0 Å². The van der Waals surface area contributed by atoms with Crippen molar-refractivity contribution in [1.82, 2.24) is 16.0 Å². The molecule has 0 spiro atoms. The van der Waals surface area contributed by atoms with Gasteiger partial charge in [-0.05, 0) is 83.1 Å². The van der Waals surface area contributed by atoms with Crippen molar-refractivity contribution in [2.45, 2.75) is 199 Å². The van der Waals surface area contributed by atoms with E-state index in [1.807, 2.05) is 125 Å². The second-order valence-electron chi connectivity index (χ2n) is 19.4. The highest BCUT2D eigenvalue weighted by Gasteiger charge is 2.34. The van der Waals surface area contributed by atoms with Crippen molar-refractivity contribution in [3.8, 4) is 0 Å². The van der Waals surface area contributed by atoms with Crippen LogP contribution in [-0.2, 0) is 28.8 Å². The third-order valence-electron chi connectivity index (χ3n) is 6.46. The van der Waals surface area contributed by atoms with Gasteiger partial charge in [0.05, 0.1) is 18.1 Å². The van der Waals surface area contributed by atoms with Gasteiger partial charge in [0, 0.05) is 52.1 Å². The molecule has 0 heterocycles. The Morgan fingerprint density at radius 1 is 0.354 bits per heavy atom. The Morgan fingerprint density at radius 3 is 0.583 bits per heavy atom. The number of hydrogen-bond donors (Lipinski definition) is 3. The van der Waals surface area contributed by atoms with E-state index in [1.165, 1.54) is 20.8 Å². The van der Waals surface area contributed by atoms with Crippen LogP contribution in [0.4, 0.5) is 0 Å². The van der Waals surface area contributed by atoms with Crippen LogP contribution in [0.3, 0.4) is 0 Å². The highest BCUT2D eigenvalue weighted by Crippen LogP contribution is 2.22. The Kier molecular flexibility index (Phi) is 20.3. The molecule has 0 saturated heterocycles. The van der Waals surface area contributed by atoms with Crippen molar-refractivity contribution in [2.24, 2.45) is 16.2 Å². The van der Waals surface area contributed by atoms with E-state index in [-0.39, 0.29) is 88.7 Å². The number of rotatable bonds is 12. The zero-order valence-corrected chi connectivity index (χ0v) is 34.8. The second kappa shape index (κ2) is 19.3. The van der Waals surface area contributed by atoms with Gasteiger partial charge in [0.1, 0.15) is 17.3 Å². The van der Waals surface area contributed by atoms with Crippen molar-refractivity contribution < 1.29 is 28.8 Å². The van der Waals surface area contributed by atoms with E-state index in [2.05, 4.69) is 16.0 Å². The molecule has 282 valence electrons. The third-order valence-corrected chi connectivity index (χ3v) is 6.46. The van der Waals surface area contributed by atoms with Crippen molar-refractivity contribution in [2.75, 3.05) is 0 Å². The monoisotopic (exact) mass is 682 g/mol. The molecule has 0 aromatic heterocycles. The number of hydrogen-bond acceptors (Lipinski definition) is 9. The summed E-state index contributed by atoms with van der Waals surface area (Å²) in [5, 5.41) is 9.67. The summed E-state index contributed by atoms with van der Waals surface area (Å²) in [5.74, 6) is 0.408. The lowest BCUT2D eigenvalue weighted by molar-refractivity contribution is -0.131. The summed E-state index contributed by atoms with van der Waals surface area (Å²) in [6, 6.07) is -1.13. The Hall–Kier alpha value is -2.10. The predicted octanol–water partition coefficient (Wildman–Crippen LogP) is 7.01. The fourth-order valence-electron chi connectivity index (χ4n) is 4.63. The maximum absolute atomic E-state index is 12.2. The largest absolute Gasteiger partial charge is 0.302 e. The van der Waals surface area contributed by atoms with E-state index in [0.29, 0.717) is 0 Å². The van der Waals surface area contributed by atoms with Gasteiger partial charge in [0.25, 0.3) is 0 Å². The van der Waals surface area contributed by atoms with Crippen LogP contribution in [0.1, 0.15) is 165 Å². The molecule has 0 rings (SSSR count). The molecule has 0 fully saturated rings. The van der Waals surface area contributed by atoms with Crippen molar-refractivity contribution in [1.29, 1.82) is 0 Å². The molecule has 3 unspecified atom stereocenters. The fraction of sp³-hybridized carbons (Fsp3) is 0.846. The van der Waals surface area contributed by atoms with E-state index in [9.17, 15) is 28.8 Å². The number of carbonyl (C=O) groups excluding carboxylic acids is 6. The minimum Gasteiger partial charge on any atom is -0.302 e. The van der Waals surface area contributed by atoms with Gasteiger partial charge in [-0.25, -0.2) is 0 Å². The van der Waals surface area contributed by atoms with Gasteiger partial charge in [-0.3, -0.25) is 28.8 Å². The van der Waals surface area contributed by atoms with Crippen molar-refractivity contribution >= 4 is 34.7 Å². The zero-order chi connectivity index (χ0) is 39.4. The normalized spacial score (nSPS) is 14.7. The third kappa shape index (κ3) is 26.8. The first-order valence-electron chi connectivity index (χ1n) is 17.2. The Balaban J connectivity index is -0.000000633. The van der Waals surface area contributed by atoms with Gasteiger partial charge in [0.2, 0.25) is 0 Å². The molecule has 0 aromatic rings. The molecule has 0 bridgehead atoms. The van der Waals surface area contributed by atoms with Crippen LogP contribution >= 0.6 is 0 Å². The molecule has 0 amide bonds. The fourth-order valence-corrected chi connectivity index (χ4v) is 4.63. The Morgan fingerprint density at radius 2 is 0.500 bits per heavy atom. The first-order valence-corrected chi connectivity index (χ1v) is 17.2. The molecule has 0 aromatic carbocycles. The predicted molar refractivity (Wildman–Crippen MR) is 199 cm³/mol. The maximum Gasteiger partial charge on any atom is 0.155 e. The van der Waals surface area contributed by atoms with Gasteiger partial charge >= 0.3 is 0 Å². The summed E-state index contributed by atoms with van der Waals surface area (Å²) >= 11 is 0. The number of Topliss-reactive ketones (excluding diaryl/α,β-unsaturated/α-hetero) is 6. The molecular formula is C39H75N3O6. The molecule has 0 radical (unpaired) electrons. The van der Waals surface area contributed by atoms with Crippen LogP contribution in [0.5, 0.6) is 0 Å². The Bertz CT molecular complexity index is 944. The summed E-state index contributed by atoms with van der Waals surface area (Å²) in [7, 11) is 0. The van der Waals surface area contributed by atoms with Crippen LogP contribution in [0.2, 0.25) is 0 Å². The molecule has 0 aliphatic heterocycles. The minimum absolute atomic E-state index is 0.0411. The summed E-state index contributed by atoms with van der Waals surface area (Å²) in [6.07, 6.45) is 0.814. The van der Waals surface area contributed by atoms with Gasteiger partial charge in [-0.15, -0.1) is 0 Å². The second-order valence-corrected chi connectivity index (χ2v) is 19.4. The average Bonchev–Trinajstić information content (AvgIpc) is 2.76. The molecule has 0 saturated carbocycles. The Labute approximate surface area is 294 Å². The SMILES string of the molecule is CC(=O)CC(NC(C)(C)C)C(=O)C(C)(C)C.CC(=O)CC(NC(C)(C)C)C(=O)C(C)(C)C.CC(=O)CC(NC(C)(C)C)C(=O)C(C)(C)C. The zero-order valence-electron chi connectivity index (χ0n) is 34.8. The molecule has 0 aliphatic carbocycles. The summed E-state index contributed by atoms with van der Waals surface area (Å²) in [4.78, 5) is 70.0. The van der Waals surface area contributed by atoms with Crippen LogP contribution in [-0.4, -0.2) is 69.4 Å². The highest BCUT2D eigenvalue weighted by atomic mass is 16.2. The quantitative estimate of drug-likeness (QED) is 0.199. The molecule has 9 heteroatoms. The van der Waals surface area contributed by atoms with E-state index >= 15 is 0 Å². The van der Waals surface area contributed by atoms with Crippen LogP contribution in [0.15, 0.2) is 0 Å². The minimum atomic E-state index is -0.418. The topological polar surface area (TPSA) is 139 Å². The van der Waals surface area contributed by atoms with Gasteiger partial charge in [-0.1, -0.05) is 62.3 Å². The van der Waals surface area contributed by atoms with Gasteiger partial charge < -0.3 is 16.0 Å². The summed E-state index contributed by atoms with van der Waals surface area (Å²) in [6.45, 7) is 39.5. The highest BCUT2D eigenvalue weighted by molar-refractivity contribution is 5.94. The van der Waals surface area contributed by atoms with E-state index in [0.717, 1.165) is 0 Å². The number of carbonyl (C=O) groups is 6. The smallest absolute Gasteiger partial charge is 0.155 e. The average molecular weight is 682 g/mol. The number of ketones is 6. The van der Waals surface area contributed by atoms with E-state index in [1.54, 1.807) is 0 Å². The van der Waals surface area contributed by atoms with E-state index < -0.39 is 16.2 Å². The lowest BCUT2D eigenvalue weighted by atomic mass is 9.84. The van der Waals surface area contributed by atoms with Crippen molar-refractivity contribution in [3.05, 3.63) is 0 Å². The maximum atomic E-state index is 12.2. The summed E-state index contributed by atoms with van der Waals surface area (Å²) in [5.41, 5.74) is -1.75. The molecular weight excluding hydrogens is 606 g/mol. The standard InChI is InChI=1S/3C13H25NO2/c3*1-9(15)8-10(14-13(5,6)7)11(16)12(2,3)4/h3*10,14H,8H2,1-7H3. The molecule has 0 aliphatic rings. The molecule has 3 N–H and O–H groups in total. The lowest BCUT2D eigenvalue weighted by Gasteiger charge is -2.31. The van der Waals surface area contributed by atoms with Gasteiger partial charge in [0.15, 0.2) is 17.3 Å². The van der Waals surface area contributed by atoms with Crippen molar-refractivity contribution in [3.63, 3.8) is 0 Å². The molecule has 3 atom stereocenters. The van der Waals surface area contributed by atoms with Crippen LogP contribution in [0, 0.1) is 16.2 Å². The van der Waals surface area contributed by atoms with Crippen LogP contribution in [0.25, 0.3) is 0 Å². The molecule has 9 nitrogen and oxygen atoms in total.